The highest BCUT2D eigenvalue weighted by molar-refractivity contribution is 6.37. The van der Waals surface area contributed by atoms with E-state index >= 15 is 0 Å². The van der Waals surface area contributed by atoms with Gasteiger partial charge < -0.3 is 26.0 Å². The summed E-state index contributed by atoms with van der Waals surface area (Å²) in [6.45, 7) is 3.01. The SMILES string of the molecule is Cc1cc2c(cc1C(=O)O)NC(=O)/C2=C(/Nc1ccc(C(=O)NCCN(C)C)cc1)c1ccccc1. The number of hydrogen-bond acceptors (Lipinski definition) is 5. The molecule has 0 aliphatic carbocycles. The Hall–Kier alpha value is -4.43. The van der Waals surface area contributed by atoms with Gasteiger partial charge in [0, 0.05) is 29.9 Å². The van der Waals surface area contributed by atoms with Crippen LogP contribution >= 0.6 is 0 Å². The Morgan fingerprint density at radius 1 is 0.972 bits per heavy atom. The van der Waals surface area contributed by atoms with Gasteiger partial charge in [0.05, 0.1) is 22.5 Å². The van der Waals surface area contributed by atoms with Crippen LogP contribution in [-0.4, -0.2) is 55.0 Å². The molecular formula is C28H28N4O4. The minimum Gasteiger partial charge on any atom is -0.478 e. The quantitative estimate of drug-likeness (QED) is 0.361. The summed E-state index contributed by atoms with van der Waals surface area (Å²) < 4.78 is 0. The number of nitrogens with one attached hydrogen (secondary N) is 3. The van der Waals surface area contributed by atoms with Crippen LogP contribution in [0.1, 0.15) is 37.4 Å². The lowest BCUT2D eigenvalue weighted by Gasteiger charge is -2.16. The number of carboxylic acid groups (broad SMARTS) is 1. The summed E-state index contributed by atoms with van der Waals surface area (Å²) in [5.74, 6) is -1.52. The third-order valence-corrected chi connectivity index (χ3v) is 5.91. The molecule has 1 aliphatic rings. The van der Waals surface area contributed by atoms with E-state index in [0.29, 0.717) is 45.9 Å². The minimum absolute atomic E-state index is 0.143. The molecule has 0 aromatic heterocycles. The Balaban J connectivity index is 1.69. The van der Waals surface area contributed by atoms with Gasteiger partial charge in [-0.05, 0) is 68.5 Å². The predicted molar refractivity (Wildman–Crippen MR) is 141 cm³/mol. The van der Waals surface area contributed by atoms with Gasteiger partial charge in [-0.15, -0.1) is 0 Å². The summed E-state index contributed by atoms with van der Waals surface area (Å²) in [5.41, 5.74) is 4.82. The Bertz CT molecular complexity index is 1350. The van der Waals surface area contributed by atoms with E-state index in [2.05, 4.69) is 16.0 Å². The van der Waals surface area contributed by atoms with E-state index < -0.39 is 5.97 Å². The van der Waals surface area contributed by atoms with Crippen LogP contribution in [-0.2, 0) is 4.79 Å². The Labute approximate surface area is 209 Å². The molecule has 0 spiro atoms. The second-order valence-electron chi connectivity index (χ2n) is 8.85. The third-order valence-electron chi connectivity index (χ3n) is 5.91. The van der Waals surface area contributed by atoms with Gasteiger partial charge in [-0.25, -0.2) is 4.79 Å². The van der Waals surface area contributed by atoms with Crippen molar-refractivity contribution in [2.24, 2.45) is 0 Å². The van der Waals surface area contributed by atoms with Crippen molar-refractivity contribution in [1.29, 1.82) is 0 Å². The van der Waals surface area contributed by atoms with Gasteiger partial charge in [-0.3, -0.25) is 9.59 Å². The highest BCUT2D eigenvalue weighted by Gasteiger charge is 2.30. The van der Waals surface area contributed by atoms with Crippen LogP contribution in [0, 0.1) is 6.92 Å². The molecule has 0 radical (unpaired) electrons. The highest BCUT2D eigenvalue weighted by Crippen LogP contribution is 2.39. The van der Waals surface area contributed by atoms with Crippen LogP contribution in [0.5, 0.6) is 0 Å². The lowest BCUT2D eigenvalue weighted by atomic mass is 9.96. The van der Waals surface area contributed by atoms with E-state index in [9.17, 15) is 19.5 Å². The second-order valence-corrected chi connectivity index (χ2v) is 8.85. The van der Waals surface area contributed by atoms with Crippen molar-refractivity contribution in [3.63, 3.8) is 0 Å². The van der Waals surface area contributed by atoms with E-state index in [-0.39, 0.29) is 17.4 Å². The largest absolute Gasteiger partial charge is 0.478 e. The number of hydrogen-bond donors (Lipinski definition) is 4. The fourth-order valence-electron chi connectivity index (χ4n) is 4.03. The van der Waals surface area contributed by atoms with Gasteiger partial charge in [-0.2, -0.15) is 0 Å². The van der Waals surface area contributed by atoms with Crippen molar-refractivity contribution in [3.05, 3.63) is 94.5 Å². The summed E-state index contributed by atoms with van der Waals surface area (Å²) in [7, 11) is 3.89. The summed E-state index contributed by atoms with van der Waals surface area (Å²) in [4.78, 5) is 39.1. The summed E-state index contributed by atoms with van der Waals surface area (Å²) in [6.07, 6.45) is 0. The van der Waals surface area contributed by atoms with Crippen molar-refractivity contribution >= 4 is 40.4 Å². The monoisotopic (exact) mass is 484 g/mol. The zero-order valence-electron chi connectivity index (χ0n) is 20.4. The van der Waals surface area contributed by atoms with Crippen molar-refractivity contribution in [3.8, 4) is 0 Å². The third kappa shape index (κ3) is 5.29. The molecular weight excluding hydrogens is 456 g/mol. The predicted octanol–water partition coefficient (Wildman–Crippen LogP) is 3.92. The van der Waals surface area contributed by atoms with Crippen molar-refractivity contribution in [2.75, 3.05) is 37.8 Å². The number of benzene rings is 3. The first-order valence-electron chi connectivity index (χ1n) is 11.5. The average Bonchev–Trinajstić information content (AvgIpc) is 3.16. The molecule has 0 fully saturated rings. The smallest absolute Gasteiger partial charge is 0.336 e. The van der Waals surface area contributed by atoms with E-state index in [4.69, 9.17) is 0 Å². The molecule has 0 saturated heterocycles. The Kier molecular flexibility index (Phi) is 7.17. The molecule has 184 valence electrons. The molecule has 1 aliphatic heterocycles. The van der Waals surface area contributed by atoms with Crippen LogP contribution in [0.2, 0.25) is 0 Å². The van der Waals surface area contributed by atoms with E-state index in [1.807, 2.05) is 49.3 Å². The number of aromatic carboxylic acids is 1. The number of amides is 2. The van der Waals surface area contributed by atoms with Crippen LogP contribution in [0.15, 0.2) is 66.7 Å². The topological polar surface area (TPSA) is 111 Å². The number of fused-ring (bicyclic) bond motifs is 1. The first-order chi connectivity index (χ1) is 17.2. The van der Waals surface area contributed by atoms with Gasteiger partial charge in [0.1, 0.15) is 0 Å². The van der Waals surface area contributed by atoms with E-state index in [0.717, 1.165) is 12.1 Å². The lowest BCUT2D eigenvalue weighted by Crippen LogP contribution is -2.31. The van der Waals surface area contributed by atoms with Crippen LogP contribution in [0.4, 0.5) is 11.4 Å². The van der Waals surface area contributed by atoms with Gasteiger partial charge in [0.2, 0.25) is 0 Å². The second kappa shape index (κ2) is 10.5. The molecule has 36 heavy (non-hydrogen) atoms. The molecule has 0 unspecified atom stereocenters. The minimum atomic E-state index is -1.05. The molecule has 0 bridgehead atoms. The maximum Gasteiger partial charge on any atom is 0.336 e. The fourth-order valence-corrected chi connectivity index (χ4v) is 4.03. The zero-order valence-corrected chi connectivity index (χ0v) is 20.4. The summed E-state index contributed by atoms with van der Waals surface area (Å²) in [5, 5.41) is 18.5. The van der Waals surface area contributed by atoms with Crippen LogP contribution in [0.3, 0.4) is 0 Å². The number of nitrogens with zero attached hydrogens (tertiary/aromatic N) is 1. The van der Waals surface area contributed by atoms with Gasteiger partial charge in [0.15, 0.2) is 0 Å². The molecule has 1 heterocycles. The number of anilines is 2. The number of carbonyl (C=O) groups excluding carboxylic acids is 2. The van der Waals surface area contributed by atoms with Crippen molar-refractivity contribution < 1.29 is 19.5 Å². The van der Waals surface area contributed by atoms with E-state index in [1.54, 1.807) is 37.3 Å². The summed E-state index contributed by atoms with van der Waals surface area (Å²) in [6, 6.07) is 19.7. The van der Waals surface area contributed by atoms with Crippen LogP contribution in [0.25, 0.3) is 11.3 Å². The fraction of sp³-hybridized carbons (Fsp3) is 0.179. The van der Waals surface area contributed by atoms with Crippen molar-refractivity contribution in [1.82, 2.24) is 10.2 Å². The number of carbonyl (C=O) groups is 3. The van der Waals surface area contributed by atoms with Gasteiger partial charge in [0.25, 0.3) is 11.8 Å². The molecule has 4 rings (SSSR count). The molecule has 0 saturated carbocycles. The molecule has 0 atom stereocenters. The Morgan fingerprint density at radius 3 is 2.31 bits per heavy atom. The number of carboxylic acids is 1. The first-order valence-corrected chi connectivity index (χ1v) is 11.5. The Morgan fingerprint density at radius 2 is 1.67 bits per heavy atom. The maximum atomic E-state index is 13.1. The molecule has 8 nitrogen and oxygen atoms in total. The van der Waals surface area contributed by atoms with Gasteiger partial charge in [-0.1, -0.05) is 30.3 Å². The molecule has 4 N–H and O–H groups in total. The lowest BCUT2D eigenvalue weighted by molar-refractivity contribution is -0.110. The van der Waals surface area contributed by atoms with Crippen molar-refractivity contribution in [2.45, 2.75) is 6.92 Å². The highest BCUT2D eigenvalue weighted by atomic mass is 16.4. The number of aryl methyl sites for hydroxylation is 1. The molecule has 3 aromatic carbocycles. The zero-order chi connectivity index (χ0) is 25.8. The maximum absolute atomic E-state index is 13.1. The summed E-state index contributed by atoms with van der Waals surface area (Å²) >= 11 is 0. The normalized spacial score (nSPS) is 13.7. The molecule has 3 aromatic rings. The first kappa shape index (κ1) is 24.7. The molecule has 8 heteroatoms. The molecule has 2 amide bonds. The number of likely N-dealkylation sites (N-methyl/N-ethyl adjacent to an activating group) is 1. The van der Waals surface area contributed by atoms with Gasteiger partial charge >= 0.3 is 5.97 Å². The standard InChI is InChI=1S/C28H28N4O4/c1-17-15-22-23(16-21(17)28(35)36)31-27(34)24(22)25(18-7-5-4-6-8-18)30-20-11-9-19(10-12-20)26(33)29-13-14-32(2)3/h4-12,15-16,30H,13-14H2,1-3H3,(H,29,33)(H,31,34)(H,35,36)/b25-24+. The average molecular weight is 485 g/mol. The number of rotatable bonds is 8. The van der Waals surface area contributed by atoms with Crippen LogP contribution < -0.4 is 16.0 Å². The van der Waals surface area contributed by atoms with E-state index in [1.165, 1.54) is 6.07 Å².